The first-order valence-corrected chi connectivity index (χ1v) is 11.4. The first-order chi connectivity index (χ1) is 15.0. The lowest BCUT2D eigenvalue weighted by Gasteiger charge is -2.17. The Morgan fingerprint density at radius 3 is 2.81 bits per heavy atom. The van der Waals surface area contributed by atoms with Crippen LogP contribution in [0.4, 0.5) is 0 Å². The van der Waals surface area contributed by atoms with Gasteiger partial charge in [0.05, 0.1) is 19.3 Å². The van der Waals surface area contributed by atoms with Crippen LogP contribution in [0.25, 0.3) is 11.0 Å². The molecule has 1 saturated carbocycles. The van der Waals surface area contributed by atoms with E-state index in [0.29, 0.717) is 17.3 Å². The van der Waals surface area contributed by atoms with E-state index in [2.05, 4.69) is 47.0 Å². The summed E-state index contributed by atoms with van der Waals surface area (Å²) in [6.07, 6.45) is 6.36. The zero-order valence-electron chi connectivity index (χ0n) is 18.6. The summed E-state index contributed by atoms with van der Waals surface area (Å²) < 4.78 is 7.48. The number of hydrogen-bond donors (Lipinski definition) is 1. The summed E-state index contributed by atoms with van der Waals surface area (Å²) in [6, 6.07) is 6.78. The molecule has 2 atom stereocenters. The molecular formula is C24H31N5O2. The standard InChI is InChI=1S/C24H31N5O2/c1-15-8-9-17(10-21(15)31-3)13-28-12-16(2)20(14-28)22-26-23-19(24(30)27-22)11-25-29(23)18-6-4-5-7-18/h8-11,16,18,20H,4-7,12-14H2,1-3H3,(H,26,27,30)/t16-,20-/m1/s1. The van der Waals surface area contributed by atoms with Crippen LogP contribution in [0.5, 0.6) is 5.75 Å². The van der Waals surface area contributed by atoms with Gasteiger partial charge in [-0.05, 0) is 42.9 Å². The highest BCUT2D eigenvalue weighted by molar-refractivity contribution is 5.73. The highest BCUT2D eigenvalue weighted by Gasteiger charge is 2.33. The van der Waals surface area contributed by atoms with E-state index < -0.39 is 0 Å². The fraction of sp³-hybridized carbons (Fsp3) is 0.542. The van der Waals surface area contributed by atoms with E-state index in [9.17, 15) is 4.79 Å². The summed E-state index contributed by atoms with van der Waals surface area (Å²) in [5.74, 6) is 2.35. The van der Waals surface area contributed by atoms with Gasteiger partial charge in [0.2, 0.25) is 0 Å². The number of aromatic nitrogens is 4. The third-order valence-electron chi connectivity index (χ3n) is 7.07. The minimum absolute atomic E-state index is 0.0711. The molecule has 1 saturated heterocycles. The molecule has 31 heavy (non-hydrogen) atoms. The maximum Gasteiger partial charge on any atom is 0.262 e. The Bertz CT molecular complexity index is 1140. The van der Waals surface area contributed by atoms with Crippen molar-refractivity contribution in [2.45, 2.75) is 58.0 Å². The van der Waals surface area contributed by atoms with Crippen LogP contribution in [0.1, 0.15) is 61.5 Å². The van der Waals surface area contributed by atoms with Crippen LogP contribution in [-0.4, -0.2) is 44.8 Å². The number of aryl methyl sites for hydroxylation is 1. The van der Waals surface area contributed by atoms with Gasteiger partial charge >= 0.3 is 0 Å². The largest absolute Gasteiger partial charge is 0.496 e. The third-order valence-corrected chi connectivity index (χ3v) is 7.07. The van der Waals surface area contributed by atoms with Crippen LogP contribution in [-0.2, 0) is 6.54 Å². The van der Waals surface area contributed by atoms with Gasteiger partial charge in [-0.3, -0.25) is 9.69 Å². The number of methoxy groups -OCH3 is 1. The molecule has 1 aliphatic carbocycles. The van der Waals surface area contributed by atoms with Crippen LogP contribution >= 0.6 is 0 Å². The minimum atomic E-state index is -0.0711. The molecule has 3 aromatic rings. The van der Waals surface area contributed by atoms with Crippen molar-refractivity contribution in [3.8, 4) is 5.75 Å². The molecule has 3 heterocycles. The molecule has 1 aliphatic heterocycles. The Balaban J connectivity index is 1.40. The average molecular weight is 422 g/mol. The third kappa shape index (κ3) is 3.76. The molecule has 0 radical (unpaired) electrons. The maximum absolute atomic E-state index is 12.8. The quantitative estimate of drug-likeness (QED) is 0.678. The van der Waals surface area contributed by atoms with Gasteiger partial charge in [0, 0.05) is 25.6 Å². The Kier molecular flexibility index (Phi) is 5.30. The summed E-state index contributed by atoms with van der Waals surface area (Å²) in [7, 11) is 1.72. The molecule has 2 aliphatic rings. The zero-order valence-corrected chi connectivity index (χ0v) is 18.6. The molecular weight excluding hydrogens is 390 g/mol. The number of ether oxygens (including phenoxy) is 1. The maximum atomic E-state index is 12.8. The van der Waals surface area contributed by atoms with Crippen molar-refractivity contribution in [2.24, 2.45) is 5.92 Å². The summed E-state index contributed by atoms with van der Waals surface area (Å²) in [4.78, 5) is 23.3. The van der Waals surface area contributed by atoms with Crippen LogP contribution in [0.3, 0.4) is 0 Å². The Morgan fingerprint density at radius 2 is 2.03 bits per heavy atom. The first kappa shape index (κ1) is 20.2. The van der Waals surface area contributed by atoms with Crippen LogP contribution in [0, 0.1) is 12.8 Å². The number of nitrogens with zero attached hydrogens (tertiary/aromatic N) is 4. The molecule has 0 bridgehead atoms. The average Bonchev–Trinajstić information content (AvgIpc) is 3.49. The van der Waals surface area contributed by atoms with Gasteiger partial charge in [-0.2, -0.15) is 5.10 Å². The topological polar surface area (TPSA) is 76.0 Å². The summed E-state index contributed by atoms with van der Waals surface area (Å²) in [5.41, 5.74) is 3.07. The molecule has 1 aromatic carbocycles. The number of hydrogen-bond acceptors (Lipinski definition) is 5. The highest BCUT2D eigenvalue weighted by Crippen LogP contribution is 2.34. The second-order valence-electron chi connectivity index (χ2n) is 9.30. The smallest absolute Gasteiger partial charge is 0.262 e. The van der Waals surface area contributed by atoms with Crippen LogP contribution in [0.2, 0.25) is 0 Å². The first-order valence-electron chi connectivity index (χ1n) is 11.4. The second kappa shape index (κ2) is 8.11. The van der Waals surface area contributed by atoms with Crippen molar-refractivity contribution in [1.82, 2.24) is 24.6 Å². The van der Waals surface area contributed by atoms with Crippen LogP contribution < -0.4 is 10.3 Å². The number of rotatable bonds is 5. The van der Waals surface area contributed by atoms with Crippen molar-refractivity contribution >= 4 is 11.0 Å². The van der Waals surface area contributed by atoms with E-state index in [-0.39, 0.29) is 11.5 Å². The van der Waals surface area contributed by atoms with Gasteiger partial charge in [-0.15, -0.1) is 0 Å². The van der Waals surface area contributed by atoms with Crippen LogP contribution in [0.15, 0.2) is 29.2 Å². The van der Waals surface area contributed by atoms with Crippen molar-refractivity contribution in [1.29, 1.82) is 0 Å². The number of H-pyrrole nitrogens is 1. The van der Waals surface area contributed by atoms with Gasteiger partial charge in [0.1, 0.15) is 17.0 Å². The Labute approximate surface area is 182 Å². The normalized spacial score (nSPS) is 22.5. The van der Waals surface area contributed by atoms with Crippen molar-refractivity contribution in [3.63, 3.8) is 0 Å². The molecule has 2 fully saturated rings. The highest BCUT2D eigenvalue weighted by atomic mass is 16.5. The lowest BCUT2D eigenvalue weighted by molar-refractivity contribution is 0.317. The van der Waals surface area contributed by atoms with Gasteiger partial charge in [-0.25, -0.2) is 9.67 Å². The molecule has 164 valence electrons. The molecule has 0 spiro atoms. The zero-order chi connectivity index (χ0) is 21.5. The predicted octanol–water partition coefficient (Wildman–Crippen LogP) is 3.79. The molecule has 0 unspecified atom stereocenters. The van der Waals surface area contributed by atoms with E-state index in [1.165, 1.54) is 18.4 Å². The number of benzene rings is 1. The van der Waals surface area contributed by atoms with Gasteiger partial charge in [-0.1, -0.05) is 31.9 Å². The van der Waals surface area contributed by atoms with E-state index >= 15 is 0 Å². The second-order valence-corrected chi connectivity index (χ2v) is 9.30. The number of nitrogens with one attached hydrogen (secondary N) is 1. The molecule has 5 rings (SSSR count). The van der Waals surface area contributed by atoms with Crippen molar-refractivity contribution in [3.05, 3.63) is 51.7 Å². The molecule has 7 nitrogen and oxygen atoms in total. The van der Waals surface area contributed by atoms with Gasteiger partial charge < -0.3 is 9.72 Å². The fourth-order valence-electron chi connectivity index (χ4n) is 5.32. The lowest BCUT2D eigenvalue weighted by atomic mass is 9.97. The number of fused-ring (bicyclic) bond motifs is 1. The molecule has 7 heteroatoms. The fourth-order valence-corrected chi connectivity index (χ4v) is 5.32. The Hall–Kier alpha value is -2.67. The summed E-state index contributed by atoms with van der Waals surface area (Å²) >= 11 is 0. The summed E-state index contributed by atoms with van der Waals surface area (Å²) in [5, 5.41) is 5.13. The van der Waals surface area contributed by atoms with E-state index in [1.807, 2.05) is 4.68 Å². The molecule has 0 amide bonds. The predicted molar refractivity (Wildman–Crippen MR) is 121 cm³/mol. The molecule has 1 N–H and O–H groups in total. The summed E-state index contributed by atoms with van der Waals surface area (Å²) in [6.45, 7) is 7.03. The lowest BCUT2D eigenvalue weighted by Crippen LogP contribution is -2.21. The van der Waals surface area contributed by atoms with Gasteiger partial charge in [0.25, 0.3) is 5.56 Å². The van der Waals surface area contributed by atoms with Gasteiger partial charge in [0.15, 0.2) is 5.65 Å². The monoisotopic (exact) mass is 421 g/mol. The van der Waals surface area contributed by atoms with Crippen molar-refractivity contribution in [2.75, 3.05) is 20.2 Å². The number of aromatic amines is 1. The molecule has 2 aromatic heterocycles. The van der Waals surface area contributed by atoms with Crippen molar-refractivity contribution < 1.29 is 4.74 Å². The Morgan fingerprint density at radius 1 is 1.23 bits per heavy atom. The van der Waals surface area contributed by atoms with E-state index in [0.717, 1.165) is 55.3 Å². The minimum Gasteiger partial charge on any atom is -0.496 e. The van der Waals surface area contributed by atoms with E-state index in [4.69, 9.17) is 9.72 Å². The number of likely N-dealkylation sites (tertiary alicyclic amines) is 1. The van der Waals surface area contributed by atoms with E-state index in [1.54, 1.807) is 13.3 Å². The SMILES string of the molecule is COc1cc(CN2C[C@@H](C)[C@H](c3nc4c(cnn4C4CCCC4)c(=O)[nH]3)C2)ccc1C.